The van der Waals surface area contributed by atoms with Gasteiger partial charge in [0.25, 0.3) is 5.91 Å². The monoisotopic (exact) mass is 311 g/mol. The maximum Gasteiger partial charge on any atom is 0.266 e. The molecule has 1 aliphatic rings. The fourth-order valence-corrected chi connectivity index (χ4v) is 2.90. The maximum atomic E-state index is 12.5. The summed E-state index contributed by atoms with van der Waals surface area (Å²) >= 11 is 0. The van der Waals surface area contributed by atoms with Crippen LogP contribution in [-0.4, -0.2) is 23.9 Å². The van der Waals surface area contributed by atoms with Crippen molar-refractivity contribution in [3.63, 3.8) is 0 Å². The first-order chi connectivity index (χ1) is 11.1. The van der Waals surface area contributed by atoms with E-state index < -0.39 is 0 Å². The molecule has 4 nitrogen and oxygen atoms in total. The number of nitriles is 1. The van der Waals surface area contributed by atoms with Gasteiger partial charge in [-0.2, -0.15) is 5.26 Å². The highest BCUT2D eigenvalue weighted by molar-refractivity contribution is 5.97. The number of benzene rings is 1. The molecule has 1 fully saturated rings. The van der Waals surface area contributed by atoms with Gasteiger partial charge in [0.2, 0.25) is 0 Å². The third-order valence-electron chi connectivity index (χ3n) is 4.52. The van der Waals surface area contributed by atoms with Crippen LogP contribution in [0.5, 0.6) is 0 Å². The number of aryl methyl sites for hydroxylation is 2. The van der Waals surface area contributed by atoms with Crippen molar-refractivity contribution < 1.29 is 4.79 Å². The van der Waals surface area contributed by atoms with E-state index in [9.17, 15) is 10.1 Å². The number of piperidine rings is 1. The minimum absolute atomic E-state index is 0.168. The van der Waals surface area contributed by atoms with E-state index in [-0.39, 0.29) is 11.5 Å². The van der Waals surface area contributed by atoms with Gasteiger partial charge in [-0.25, -0.2) is 0 Å². The van der Waals surface area contributed by atoms with Gasteiger partial charge < -0.3 is 10.2 Å². The topological polar surface area (TPSA) is 56.1 Å². The summed E-state index contributed by atoms with van der Waals surface area (Å²) in [6, 6.07) is 8.15. The van der Waals surface area contributed by atoms with Crippen LogP contribution in [0.2, 0.25) is 0 Å². The number of carbonyl (C=O) groups excluding carboxylic acids is 1. The van der Waals surface area contributed by atoms with Crippen molar-refractivity contribution >= 4 is 11.6 Å². The molecule has 23 heavy (non-hydrogen) atoms. The van der Waals surface area contributed by atoms with Crippen molar-refractivity contribution in [2.75, 3.05) is 18.4 Å². The summed E-state index contributed by atoms with van der Waals surface area (Å²) in [5.41, 5.74) is 3.45. The molecule has 1 saturated heterocycles. The molecule has 1 heterocycles. The molecule has 2 rings (SSSR count). The smallest absolute Gasteiger partial charge is 0.266 e. The Kier molecular flexibility index (Phi) is 5.81. The second-order valence-electron chi connectivity index (χ2n) is 6.25. The Hall–Kier alpha value is -2.28. The second kappa shape index (κ2) is 7.82. The van der Waals surface area contributed by atoms with Gasteiger partial charge in [0.15, 0.2) is 0 Å². The molecule has 0 atom stereocenters. The number of amides is 1. The molecule has 122 valence electrons. The molecule has 4 heteroatoms. The minimum atomic E-state index is -0.168. The van der Waals surface area contributed by atoms with Crippen LogP contribution in [-0.2, 0) is 11.2 Å². The van der Waals surface area contributed by atoms with Crippen LogP contribution in [0.25, 0.3) is 0 Å². The number of carbonyl (C=O) groups is 1. The van der Waals surface area contributed by atoms with E-state index in [4.69, 9.17) is 0 Å². The van der Waals surface area contributed by atoms with E-state index in [1.54, 1.807) is 11.1 Å². The third kappa shape index (κ3) is 4.13. The number of hydrogen-bond donors (Lipinski definition) is 1. The average Bonchev–Trinajstić information content (AvgIpc) is 2.56. The van der Waals surface area contributed by atoms with Gasteiger partial charge in [-0.05, 0) is 43.2 Å². The molecule has 1 aromatic carbocycles. The van der Waals surface area contributed by atoms with Gasteiger partial charge in [-0.1, -0.05) is 32.0 Å². The van der Waals surface area contributed by atoms with E-state index >= 15 is 0 Å². The van der Waals surface area contributed by atoms with Crippen molar-refractivity contribution in [2.45, 2.75) is 40.0 Å². The molecule has 1 amide bonds. The zero-order valence-electron chi connectivity index (χ0n) is 14.2. The van der Waals surface area contributed by atoms with Gasteiger partial charge >= 0.3 is 0 Å². The molecule has 1 N–H and O–H groups in total. The van der Waals surface area contributed by atoms with Crippen LogP contribution in [0.3, 0.4) is 0 Å². The van der Waals surface area contributed by atoms with Gasteiger partial charge in [0, 0.05) is 25.0 Å². The molecule has 0 radical (unpaired) electrons. The zero-order chi connectivity index (χ0) is 16.8. The van der Waals surface area contributed by atoms with E-state index in [0.29, 0.717) is 5.92 Å². The normalized spacial score (nSPS) is 16.1. The number of hydrogen-bond acceptors (Lipinski definition) is 3. The SMILES string of the molecule is CCc1cccc(C)c1N/C=C(/C#N)C(=O)N1CCC(C)CC1. The summed E-state index contributed by atoms with van der Waals surface area (Å²) in [5.74, 6) is 0.490. The van der Waals surface area contributed by atoms with E-state index in [2.05, 4.69) is 25.2 Å². The summed E-state index contributed by atoms with van der Waals surface area (Å²) in [4.78, 5) is 14.3. The van der Waals surface area contributed by atoms with Crippen LogP contribution < -0.4 is 5.32 Å². The van der Waals surface area contributed by atoms with Gasteiger partial charge in [0.1, 0.15) is 11.6 Å². The van der Waals surface area contributed by atoms with E-state index in [1.165, 1.54) is 5.56 Å². The molecule has 1 aliphatic heterocycles. The number of likely N-dealkylation sites (tertiary alicyclic amines) is 1. The second-order valence-corrected chi connectivity index (χ2v) is 6.25. The van der Waals surface area contributed by atoms with E-state index in [0.717, 1.165) is 43.6 Å². The summed E-state index contributed by atoms with van der Waals surface area (Å²) in [5, 5.41) is 12.5. The van der Waals surface area contributed by atoms with Crippen LogP contribution in [0.1, 0.15) is 37.8 Å². The Balaban J connectivity index is 2.14. The van der Waals surface area contributed by atoms with Crippen molar-refractivity contribution in [1.82, 2.24) is 4.90 Å². The molecular weight excluding hydrogens is 286 g/mol. The number of nitrogens with one attached hydrogen (secondary N) is 1. The number of nitrogens with zero attached hydrogens (tertiary/aromatic N) is 2. The Morgan fingerprint density at radius 2 is 2.13 bits per heavy atom. The Morgan fingerprint density at radius 1 is 1.43 bits per heavy atom. The number of para-hydroxylation sites is 1. The highest BCUT2D eigenvalue weighted by Gasteiger charge is 2.23. The number of anilines is 1. The molecular formula is C19H25N3O. The predicted octanol–water partition coefficient (Wildman–Crippen LogP) is 3.64. The molecule has 1 aromatic rings. The first kappa shape index (κ1) is 17.1. The minimum Gasteiger partial charge on any atom is -0.360 e. The Morgan fingerprint density at radius 3 is 2.74 bits per heavy atom. The maximum absolute atomic E-state index is 12.5. The average molecular weight is 311 g/mol. The number of rotatable bonds is 4. The fraction of sp³-hybridized carbons (Fsp3) is 0.474. The van der Waals surface area contributed by atoms with Crippen LogP contribution in [0.4, 0.5) is 5.69 Å². The first-order valence-electron chi connectivity index (χ1n) is 8.31. The van der Waals surface area contributed by atoms with Crippen LogP contribution in [0.15, 0.2) is 30.0 Å². The Bertz CT molecular complexity index is 635. The predicted molar refractivity (Wildman–Crippen MR) is 92.9 cm³/mol. The lowest BCUT2D eigenvalue weighted by atomic mass is 9.99. The van der Waals surface area contributed by atoms with Crippen molar-refractivity contribution in [3.8, 4) is 6.07 Å². The lowest BCUT2D eigenvalue weighted by Gasteiger charge is -2.30. The van der Waals surface area contributed by atoms with Gasteiger partial charge in [-0.15, -0.1) is 0 Å². The molecule has 0 aromatic heterocycles. The highest BCUT2D eigenvalue weighted by Crippen LogP contribution is 2.22. The van der Waals surface area contributed by atoms with Crippen LogP contribution >= 0.6 is 0 Å². The largest absolute Gasteiger partial charge is 0.360 e. The highest BCUT2D eigenvalue weighted by atomic mass is 16.2. The molecule has 0 saturated carbocycles. The molecule has 0 spiro atoms. The van der Waals surface area contributed by atoms with Gasteiger partial charge in [0.05, 0.1) is 0 Å². The molecule has 0 unspecified atom stereocenters. The van der Waals surface area contributed by atoms with E-state index in [1.807, 2.05) is 25.1 Å². The summed E-state index contributed by atoms with van der Waals surface area (Å²) < 4.78 is 0. The quantitative estimate of drug-likeness (QED) is 0.682. The molecule has 0 bridgehead atoms. The van der Waals surface area contributed by atoms with Crippen molar-refractivity contribution in [2.24, 2.45) is 5.92 Å². The third-order valence-corrected chi connectivity index (χ3v) is 4.52. The van der Waals surface area contributed by atoms with Crippen molar-refractivity contribution in [1.29, 1.82) is 5.26 Å². The summed E-state index contributed by atoms with van der Waals surface area (Å²) in [7, 11) is 0. The van der Waals surface area contributed by atoms with Crippen LogP contribution in [0, 0.1) is 24.2 Å². The lowest BCUT2D eigenvalue weighted by Crippen LogP contribution is -2.38. The van der Waals surface area contributed by atoms with Gasteiger partial charge in [-0.3, -0.25) is 4.79 Å². The first-order valence-corrected chi connectivity index (χ1v) is 8.31. The zero-order valence-corrected chi connectivity index (χ0v) is 14.2. The van der Waals surface area contributed by atoms with Crippen molar-refractivity contribution in [3.05, 3.63) is 41.1 Å². The fourth-order valence-electron chi connectivity index (χ4n) is 2.90. The molecule has 0 aliphatic carbocycles. The lowest BCUT2D eigenvalue weighted by molar-refractivity contribution is -0.128. The Labute approximate surface area is 138 Å². The summed E-state index contributed by atoms with van der Waals surface area (Å²) in [6.07, 6.45) is 4.48. The standard InChI is InChI=1S/C19H25N3O/c1-4-16-7-5-6-15(3)18(16)21-13-17(12-20)19(23)22-10-8-14(2)9-11-22/h5-7,13-14,21H,4,8-11H2,1-3H3/b17-13-. The summed E-state index contributed by atoms with van der Waals surface area (Å²) in [6.45, 7) is 7.80.